The molecule has 0 aliphatic rings. The Morgan fingerprint density at radius 3 is 2.53 bits per heavy atom. The number of aryl methyl sites for hydroxylation is 1. The molecule has 0 atom stereocenters. The summed E-state index contributed by atoms with van der Waals surface area (Å²) in [4.78, 5) is 27.9. The molecule has 0 aliphatic heterocycles. The molecule has 36 heavy (non-hydrogen) atoms. The number of benzene rings is 3. The van der Waals surface area contributed by atoms with Crippen molar-refractivity contribution in [2.45, 2.75) is 20.3 Å². The summed E-state index contributed by atoms with van der Waals surface area (Å²) in [6.45, 7) is 4.28. The summed E-state index contributed by atoms with van der Waals surface area (Å²) >= 11 is 0. The van der Waals surface area contributed by atoms with E-state index in [1.807, 2.05) is 43.3 Å². The molecular formula is C26H26FN5O4. The van der Waals surface area contributed by atoms with Crippen LogP contribution in [-0.4, -0.2) is 46.1 Å². The Morgan fingerprint density at radius 2 is 1.81 bits per heavy atom. The lowest BCUT2D eigenvalue weighted by Crippen LogP contribution is -2.41. The van der Waals surface area contributed by atoms with Crippen LogP contribution >= 0.6 is 0 Å². The number of aromatic nitrogens is 4. The SMILES string of the molecule is CCN(C(=O)n1nnn(-c2c(F)cccc2OC)c1=O)c1cc(C)ccc1OCCc1ccccc1. The van der Waals surface area contributed by atoms with Gasteiger partial charge < -0.3 is 9.47 Å². The monoisotopic (exact) mass is 491 g/mol. The highest BCUT2D eigenvalue weighted by molar-refractivity contribution is 5.94. The standard InChI is InChI=1S/C26H26FN5O4/c1-4-30(21-17-18(2)13-14-22(21)36-16-15-19-9-6-5-7-10-19)25(33)32-26(34)31(28-29-32)24-20(27)11-8-12-23(24)35-3/h5-14,17H,4,15-16H2,1-3H3. The summed E-state index contributed by atoms with van der Waals surface area (Å²) in [6, 6.07) is 18.7. The van der Waals surface area contributed by atoms with Gasteiger partial charge in [0.15, 0.2) is 5.82 Å². The molecule has 0 spiro atoms. The predicted molar refractivity (Wildman–Crippen MR) is 133 cm³/mol. The lowest BCUT2D eigenvalue weighted by molar-refractivity contribution is 0.243. The third-order valence-electron chi connectivity index (χ3n) is 5.59. The highest BCUT2D eigenvalue weighted by atomic mass is 19.1. The molecule has 4 aromatic rings. The molecule has 0 radical (unpaired) electrons. The minimum absolute atomic E-state index is 0.0803. The first-order valence-corrected chi connectivity index (χ1v) is 11.4. The van der Waals surface area contributed by atoms with Gasteiger partial charge in [-0.25, -0.2) is 14.0 Å². The molecule has 0 aliphatic carbocycles. The van der Waals surface area contributed by atoms with Crippen molar-refractivity contribution in [2.24, 2.45) is 0 Å². The first-order chi connectivity index (χ1) is 17.4. The number of carbonyl (C=O) groups is 1. The van der Waals surface area contributed by atoms with Crippen LogP contribution in [0.15, 0.2) is 71.5 Å². The van der Waals surface area contributed by atoms with Crippen LogP contribution in [0.1, 0.15) is 18.1 Å². The van der Waals surface area contributed by atoms with E-state index >= 15 is 0 Å². The van der Waals surface area contributed by atoms with Crippen LogP contribution in [0.25, 0.3) is 5.69 Å². The maximum absolute atomic E-state index is 14.5. The molecule has 3 aromatic carbocycles. The number of methoxy groups -OCH3 is 1. The van der Waals surface area contributed by atoms with Crippen LogP contribution in [0.4, 0.5) is 14.9 Å². The third kappa shape index (κ3) is 4.97. The summed E-state index contributed by atoms with van der Waals surface area (Å²) in [7, 11) is 1.34. The van der Waals surface area contributed by atoms with Crippen molar-refractivity contribution in [3.63, 3.8) is 0 Å². The Morgan fingerprint density at radius 1 is 1.03 bits per heavy atom. The van der Waals surface area contributed by atoms with E-state index in [1.165, 1.54) is 24.1 Å². The Hall–Kier alpha value is -4.47. The summed E-state index contributed by atoms with van der Waals surface area (Å²) in [5.74, 6) is -0.171. The Kier molecular flexibility index (Phi) is 7.43. The van der Waals surface area contributed by atoms with Crippen LogP contribution in [0.5, 0.6) is 11.5 Å². The van der Waals surface area contributed by atoms with Crippen molar-refractivity contribution in [3.8, 4) is 17.2 Å². The Labute approximate surface area is 207 Å². The number of tetrazole rings is 1. The van der Waals surface area contributed by atoms with Gasteiger partial charge >= 0.3 is 11.7 Å². The molecule has 0 saturated heterocycles. The van der Waals surface area contributed by atoms with Crippen LogP contribution in [0.3, 0.4) is 0 Å². The fraction of sp³-hybridized carbons (Fsp3) is 0.231. The van der Waals surface area contributed by atoms with Crippen molar-refractivity contribution in [1.82, 2.24) is 19.8 Å². The van der Waals surface area contributed by atoms with Gasteiger partial charge in [0, 0.05) is 13.0 Å². The predicted octanol–water partition coefficient (Wildman–Crippen LogP) is 4.00. The first-order valence-electron chi connectivity index (χ1n) is 11.4. The second kappa shape index (κ2) is 10.9. The van der Waals surface area contributed by atoms with Gasteiger partial charge in [0.05, 0.1) is 19.4 Å². The molecule has 186 valence electrons. The molecule has 0 fully saturated rings. The van der Waals surface area contributed by atoms with E-state index < -0.39 is 17.5 Å². The summed E-state index contributed by atoms with van der Waals surface area (Å²) < 4.78 is 27.0. The van der Waals surface area contributed by atoms with Crippen molar-refractivity contribution < 1.29 is 18.7 Å². The van der Waals surface area contributed by atoms with E-state index in [2.05, 4.69) is 10.4 Å². The number of hydrogen-bond donors (Lipinski definition) is 0. The van der Waals surface area contributed by atoms with Gasteiger partial charge in [-0.2, -0.15) is 4.68 Å². The molecule has 10 heteroatoms. The van der Waals surface area contributed by atoms with Crippen LogP contribution < -0.4 is 20.1 Å². The number of halogens is 1. The minimum atomic E-state index is -0.930. The number of nitrogens with zero attached hydrogens (tertiary/aromatic N) is 5. The van der Waals surface area contributed by atoms with Crippen molar-refractivity contribution in [2.75, 3.05) is 25.2 Å². The molecule has 1 heterocycles. The molecule has 1 amide bonds. The number of rotatable bonds is 8. The lowest BCUT2D eigenvalue weighted by atomic mass is 10.1. The molecule has 9 nitrogen and oxygen atoms in total. The topological polar surface area (TPSA) is 91.5 Å². The molecule has 1 aromatic heterocycles. The number of carbonyl (C=O) groups excluding carboxylic acids is 1. The summed E-state index contributed by atoms with van der Waals surface area (Å²) in [5.41, 5.74) is 1.36. The maximum Gasteiger partial charge on any atom is 0.377 e. The second-order valence-electron chi connectivity index (χ2n) is 7.96. The fourth-order valence-corrected chi connectivity index (χ4v) is 3.78. The van der Waals surface area contributed by atoms with E-state index in [-0.39, 0.29) is 18.0 Å². The van der Waals surface area contributed by atoms with Gasteiger partial charge in [0.1, 0.15) is 17.2 Å². The molecule has 0 unspecified atom stereocenters. The third-order valence-corrected chi connectivity index (χ3v) is 5.59. The van der Waals surface area contributed by atoms with Gasteiger partial charge in [0.25, 0.3) is 0 Å². The number of anilines is 1. The number of ether oxygens (including phenoxy) is 2. The van der Waals surface area contributed by atoms with Crippen molar-refractivity contribution in [1.29, 1.82) is 0 Å². The Bertz CT molecular complexity index is 1420. The number of hydrogen-bond acceptors (Lipinski definition) is 6. The summed E-state index contributed by atoms with van der Waals surface area (Å²) in [5, 5.41) is 7.45. The minimum Gasteiger partial charge on any atom is -0.494 e. The normalized spacial score (nSPS) is 10.8. The maximum atomic E-state index is 14.5. The fourth-order valence-electron chi connectivity index (χ4n) is 3.78. The molecule has 0 saturated carbocycles. The molecule has 0 bridgehead atoms. The van der Waals surface area contributed by atoms with Crippen LogP contribution in [0.2, 0.25) is 0 Å². The summed E-state index contributed by atoms with van der Waals surface area (Å²) in [6.07, 6.45) is 0.687. The van der Waals surface area contributed by atoms with E-state index in [9.17, 15) is 14.0 Å². The van der Waals surface area contributed by atoms with E-state index in [0.29, 0.717) is 33.8 Å². The van der Waals surface area contributed by atoms with Crippen LogP contribution in [0, 0.1) is 12.7 Å². The average Bonchev–Trinajstić information content (AvgIpc) is 3.26. The van der Waals surface area contributed by atoms with E-state index in [0.717, 1.165) is 17.2 Å². The first kappa shape index (κ1) is 24.6. The van der Waals surface area contributed by atoms with Crippen molar-refractivity contribution in [3.05, 3.63) is 94.2 Å². The zero-order valence-corrected chi connectivity index (χ0v) is 20.2. The van der Waals surface area contributed by atoms with Gasteiger partial charge in [0.2, 0.25) is 0 Å². The lowest BCUT2D eigenvalue weighted by Gasteiger charge is -2.23. The molecule has 4 rings (SSSR count). The largest absolute Gasteiger partial charge is 0.494 e. The van der Waals surface area contributed by atoms with Crippen molar-refractivity contribution >= 4 is 11.7 Å². The number of para-hydroxylation sites is 1. The molecular weight excluding hydrogens is 465 g/mol. The number of amides is 1. The van der Waals surface area contributed by atoms with E-state index in [1.54, 1.807) is 19.1 Å². The second-order valence-corrected chi connectivity index (χ2v) is 7.96. The highest BCUT2D eigenvalue weighted by Crippen LogP contribution is 2.30. The van der Waals surface area contributed by atoms with Gasteiger partial charge in [-0.1, -0.05) is 42.5 Å². The van der Waals surface area contributed by atoms with Crippen LogP contribution in [-0.2, 0) is 6.42 Å². The Balaban J connectivity index is 1.64. The quantitative estimate of drug-likeness (QED) is 0.346. The smallest absolute Gasteiger partial charge is 0.377 e. The highest BCUT2D eigenvalue weighted by Gasteiger charge is 2.26. The zero-order valence-electron chi connectivity index (χ0n) is 20.2. The van der Waals surface area contributed by atoms with Gasteiger partial charge in [-0.15, -0.1) is 4.68 Å². The van der Waals surface area contributed by atoms with Gasteiger partial charge in [-0.3, -0.25) is 4.90 Å². The average molecular weight is 492 g/mol. The molecule has 0 N–H and O–H groups in total. The van der Waals surface area contributed by atoms with E-state index in [4.69, 9.17) is 9.47 Å². The zero-order chi connectivity index (χ0) is 25.7. The van der Waals surface area contributed by atoms with Gasteiger partial charge in [-0.05, 0) is 59.7 Å².